The van der Waals surface area contributed by atoms with Crippen LogP contribution in [0.5, 0.6) is 0 Å². The van der Waals surface area contributed by atoms with Crippen molar-refractivity contribution in [2.45, 2.75) is 31.8 Å². The van der Waals surface area contributed by atoms with Crippen LogP contribution in [0.1, 0.15) is 30.9 Å². The van der Waals surface area contributed by atoms with Crippen LogP contribution in [0.4, 0.5) is 10.1 Å². The van der Waals surface area contributed by atoms with Crippen molar-refractivity contribution in [2.75, 3.05) is 19.6 Å². The molecule has 0 saturated carbocycles. The van der Waals surface area contributed by atoms with Crippen molar-refractivity contribution < 1.29 is 14.1 Å². The fourth-order valence-electron chi connectivity index (χ4n) is 3.38. The Balaban J connectivity index is 1.61. The molecule has 1 N–H and O–H groups in total. The van der Waals surface area contributed by atoms with Gasteiger partial charge < -0.3 is 5.32 Å². The molecule has 2 aromatic rings. The zero-order valence-electron chi connectivity index (χ0n) is 15.2. The Morgan fingerprint density at radius 1 is 1.39 bits per heavy atom. The Morgan fingerprint density at radius 3 is 2.79 bits per heavy atom. The summed E-state index contributed by atoms with van der Waals surface area (Å²) in [6.07, 6.45) is 4.57. The predicted molar refractivity (Wildman–Crippen MR) is 101 cm³/mol. The van der Waals surface area contributed by atoms with E-state index in [9.17, 15) is 19.3 Å². The Hall–Kier alpha value is -2.52. The van der Waals surface area contributed by atoms with Crippen molar-refractivity contribution in [3.63, 3.8) is 0 Å². The topological polar surface area (TPSA) is 93.3 Å². The molecule has 1 aliphatic rings. The van der Waals surface area contributed by atoms with Crippen molar-refractivity contribution in [3.05, 3.63) is 57.1 Å². The molecule has 1 atom stereocenters. The fraction of sp³-hybridized carbons (Fsp3) is 0.444. The second-order valence-electron chi connectivity index (χ2n) is 6.67. The smallest absolute Gasteiger partial charge is 0.306 e. The number of likely N-dealkylation sites (tertiary alicyclic amines) is 1. The van der Waals surface area contributed by atoms with Gasteiger partial charge in [0.15, 0.2) is 0 Å². The lowest BCUT2D eigenvalue weighted by Gasteiger charge is -2.29. The Labute approximate surface area is 166 Å². The average Bonchev–Trinajstić information content (AvgIpc) is 3.34. The molecule has 0 bridgehead atoms. The molecule has 1 aliphatic heterocycles. The lowest BCUT2D eigenvalue weighted by atomic mass is 10.0. The van der Waals surface area contributed by atoms with Crippen molar-refractivity contribution >= 4 is 23.2 Å². The van der Waals surface area contributed by atoms with Gasteiger partial charge in [0.05, 0.1) is 11.0 Å². The van der Waals surface area contributed by atoms with Gasteiger partial charge in [0, 0.05) is 30.1 Å². The molecule has 10 heteroatoms. The van der Waals surface area contributed by atoms with E-state index in [1.54, 1.807) is 12.1 Å². The van der Waals surface area contributed by atoms with Gasteiger partial charge in [0.2, 0.25) is 5.91 Å². The van der Waals surface area contributed by atoms with Crippen molar-refractivity contribution in [3.8, 4) is 0 Å². The lowest BCUT2D eigenvalue weighted by Crippen LogP contribution is -2.37. The number of nitrogens with zero attached hydrogens (tertiary/aromatic N) is 4. The second kappa shape index (κ2) is 9.11. The van der Waals surface area contributed by atoms with Gasteiger partial charge in [0.1, 0.15) is 18.2 Å². The summed E-state index contributed by atoms with van der Waals surface area (Å²) in [5, 5.41) is 17.7. The first-order valence-electron chi connectivity index (χ1n) is 9.07. The maximum atomic E-state index is 14.4. The largest absolute Gasteiger partial charge is 0.354 e. The maximum Gasteiger partial charge on any atom is 0.306 e. The van der Waals surface area contributed by atoms with Crippen LogP contribution in [0, 0.1) is 15.9 Å². The van der Waals surface area contributed by atoms with E-state index < -0.39 is 4.92 Å². The first-order chi connectivity index (χ1) is 13.5. The molecule has 150 valence electrons. The van der Waals surface area contributed by atoms with Crippen LogP contribution in [0.3, 0.4) is 0 Å². The van der Waals surface area contributed by atoms with Crippen LogP contribution in [-0.2, 0) is 11.3 Å². The molecule has 0 spiro atoms. The van der Waals surface area contributed by atoms with E-state index in [1.165, 1.54) is 16.9 Å². The van der Waals surface area contributed by atoms with E-state index in [0.29, 0.717) is 10.6 Å². The molecule has 1 fully saturated rings. The normalized spacial score (nSPS) is 15.5. The van der Waals surface area contributed by atoms with Crippen molar-refractivity contribution in [1.29, 1.82) is 0 Å². The lowest BCUT2D eigenvalue weighted by molar-refractivity contribution is -0.385. The standard InChI is InChI=1S/C18H21ClFN5O3/c19-14-4-3-5-15(20)18(14)16(23-7-1-2-8-23)11-21-17(26)6-9-24-12-13(10-22-24)25(27)28/h3-5,10,12,16H,1-2,6-9,11H2,(H,21,26). The maximum absolute atomic E-state index is 14.4. The van der Waals surface area contributed by atoms with Crippen molar-refractivity contribution in [1.82, 2.24) is 20.0 Å². The quantitative estimate of drug-likeness (QED) is 0.534. The molecule has 2 heterocycles. The molecule has 1 aromatic carbocycles. The zero-order valence-corrected chi connectivity index (χ0v) is 15.9. The molecule has 8 nitrogen and oxygen atoms in total. The molecule has 0 aliphatic carbocycles. The van der Waals surface area contributed by atoms with Crippen molar-refractivity contribution in [2.24, 2.45) is 0 Å². The number of halogens is 2. The van der Waals surface area contributed by atoms with E-state index in [-0.39, 0.29) is 43.0 Å². The van der Waals surface area contributed by atoms with E-state index in [1.807, 2.05) is 0 Å². The van der Waals surface area contributed by atoms with Gasteiger partial charge in [0.25, 0.3) is 0 Å². The van der Waals surface area contributed by atoms with Gasteiger partial charge in [-0.05, 0) is 38.1 Å². The number of nitro groups is 1. The Morgan fingerprint density at radius 2 is 2.14 bits per heavy atom. The highest BCUT2D eigenvalue weighted by atomic mass is 35.5. The third-order valence-corrected chi connectivity index (χ3v) is 5.13. The van der Waals surface area contributed by atoms with E-state index >= 15 is 0 Å². The molecule has 28 heavy (non-hydrogen) atoms. The first kappa shape index (κ1) is 20.2. The summed E-state index contributed by atoms with van der Waals surface area (Å²) in [5.41, 5.74) is 0.276. The van der Waals surface area contributed by atoms with Gasteiger partial charge in [-0.2, -0.15) is 5.10 Å². The molecular weight excluding hydrogens is 389 g/mol. The monoisotopic (exact) mass is 409 g/mol. The molecule has 1 aromatic heterocycles. The highest BCUT2D eigenvalue weighted by molar-refractivity contribution is 6.31. The van der Waals surface area contributed by atoms with Crippen LogP contribution >= 0.6 is 11.6 Å². The summed E-state index contributed by atoms with van der Waals surface area (Å²) in [5.74, 6) is -0.627. The minimum absolute atomic E-state index is 0.108. The predicted octanol–water partition coefficient (Wildman–Crippen LogP) is 2.93. The molecule has 1 unspecified atom stereocenters. The summed E-state index contributed by atoms with van der Waals surface area (Å²) < 4.78 is 15.8. The van der Waals surface area contributed by atoms with Gasteiger partial charge in [-0.3, -0.25) is 24.5 Å². The third kappa shape index (κ3) is 4.85. The zero-order chi connectivity index (χ0) is 20.1. The minimum Gasteiger partial charge on any atom is -0.354 e. The van der Waals surface area contributed by atoms with Crippen LogP contribution in [0.25, 0.3) is 0 Å². The number of amides is 1. The summed E-state index contributed by atoms with van der Waals surface area (Å²) in [6, 6.07) is 4.24. The van der Waals surface area contributed by atoms with Crippen LogP contribution in [0.2, 0.25) is 5.02 Å². The highest BCUT2D eigenvalue weighted by Crippen LogP contribution is 2.31. The summed E-state index contributed by atoms with van der Waals surface area (Å²) in [4.78, 5) is 24.5. The van der Waals surface area contributed by atoms with Gasteiger partial charge in [-0.15, -0.1) is 0 Å². The Bertz CT molecular complexity index is 833. The number of carbonyl (C=O) groups excluding carboxylic acids is 1. The number of aromatic nitrogens is 2. The minimum atomic E-state index is -0.539. The van der Waals surface area contributed by atoms with Crippen LogP contribution in [-0.4, -0.2) is 45.1 Å². The first-order valence-corrected chi connectivity index (χ1v) is 9.45. The number of benzene rings is 1. The van der Waals surface area contributed by atoms with E-state index in [0.717, 1.165) is 32.1 Å². The molecule has 0 radical (unpaired) electrons. The highest BCUT2D eigenvalue weighted by Gasteiger charge is 2.28. The summed E-state index contributed by atoms with van der Waals surface area (Å²) >= 11 is 6.24. The van der Waals surface area contributed by atoms with Gasteiger partial charge in [-0.1, -0.05) is 17.7 Å². The van der Waals surface area contributed by atoms with E-state index in [2.05, 4.69) is 15.3 Å². The third-order valence-electron chi connectivity index (χ3n) is 4.81. The average molecular weight is 410 g/mol. The number of nitrogens with one attached hydrogen (secondary N) is 1. The van der Waals surface area contributed by atoms with E-state index in [4.69, 9.17) is 11.6 Å². The molecular formula is C18H21ClFN5O3. The number of hydrogen-bond acceptors (Lipinski definition) is 5. The molecule has 1 amide bonds. The fourth-order valence-corrected chi connectivity index (χ4v) is 3.67. The van der Waals surface area contributed by atoms with Gasteiger partial charge in [-0.25, -0.2) is 4.39 Å². The van der Waals surface area contributed by atoms with Crippen LogP contribution < -0.4 is 5.32 Å². The molecule has 3 rings (SSSR count). The number of rotatable bonds is 8. The van der Waals surface area contributed by atoms with Crippen LogP contribution in [0.15, 0.2) is 30.6 Å². The number of aryl methyl sites for hydroxylation is 1. The second-order valence-corrected chi connectivity index (χ2v) is 7.07. The Kier molecular flexibility index (Phi) is 6.58. The summed E-state index contributed by atoms with van der Waals surface area (Å²) in [7, 11) is 0. The molecule has 1 saturated heterocycles. The number of hydrogen-bond donors (Lipinski definition) is 1. The van der Waals surface area contributed by atoms with Gasteiger partial charge >= 0.3 is 5.69 Å². The summed E-state index contributed by atoms with van der Waals surface area (Å²) in [6.45, 7) is 2.09. The SMILES string of the molecule is O=C(CCn1cc([N+](=O)[O-])cn1)NCC(c1c(F)cccc1Cl)N1CCCC1. The number of carbonyl (C=O) groups is 1.